The maximum absolute atomic E-state index is 11.7. The number of carbonyl (C=O) groups is 2. The number of methoxy groups -OCH3 is 1. The number of carbonyl (C=O) groups excluding carboxylic acids is 2. The van der Waals surface area contributed by atoms with E-state index < -0.39 is 11.9 Å². The van der Waals surface area contributed by atoms with Crippen molar-refractivity contribution in [3.05, 3.63) is 53.0 Å². The Morgan fingerprint density at radius 2 is 1.58 bits per heavy atom. The Kier molecular flexibility index (Phi) is 7.30. The highest BCUT2D eigenvalue weighted by Gasteiger charge is 2.07. The molecule has 0 aromatic heterocycles. The van der Waals surface area contributed by atoms with E-state index in [0.717, 1.165) is 14.3 Å². The second-order valence-electron chi connectivity index (χ2n) is 4.72. The van der Waals surface area contributed by atoms with Crippen LogP contribution >= 0.6 is 27.7 Å². The van der Waals surface area contributed by atoms with Crippen LogP contribution in [0.3, 0.4) is 0 Å². The van der Waals surface area contributed by atoms with Crippen molar-refractivity contribution in [2.75, 3.05) is 25.6 Å². The van der Waals surface area contributed by atoms with Crippen LogP contribution in [-0.2, 0) is 19.1 Å². The van der Waals surface area contributed by atoms with E-state index in [4.69, 9.17) is 4.74 Å². The van der Waals surface area contributed by atoms with Crippen molar-refractivity contribution in [1.29, 1.82) is 0 Å². The molecule has 1 amide bonds. The van der Waals surface area contributed by atoms with Crippen molar-refractivity contribution in [3.63, 3.8) is 0 Å². The molecule has 0 heterocycles. The van der Waals surface area contributed by atoms with E-state index in [1.807, 2.05) is 36.4 Å². The Hall–Kier alpha value is -1.83. The number of hydrogen-bond donors (Lipinski definition) is 1. The first-order chi connectivity index (χ1) is 11.6. The molecule has 0 bridgehead atoms. The topological polar surface area (TPSA) is 64.6 Å². The highest BCUT2D eigenvalue weighted by Crippen LogP contribution is 2.29. The number of amides is 1. The van der Waals surface area contributed by atoms with Gasteiger partial charge in [-0.25, -0.2) is 4.79 Å². The fourth-order valence-electron chi connectivity index (χ4n) is 1.75. The second-order valence-corrected chi connectivity index (χ2v) is 6.78. The average Bonchev–Trinajstić information content (AvgIpc) is 2.57. The maximum atomic E-state index is 11.7. The van der Waals surface area contributed by atoms with Crippen LogP contribution in [0.5, 0.6) is 0 Å². The lowest BCUT2D eigenvalue weighted by Crippen LogP contribution is -2.22. The molecule has 126 valence electrons. The highest BCUT2D eigenvalue weighted by molar-refractivity contribution is 9.10. The number of nitrogens with one attached hydrogen (secondary N) is 1. The third-order valence-corrected chi connectivity index (χ3v) is 4.36. The van der Waals surface area contributed by atoms with E-state index in [1.165, 1.54) is 7.11 Å². The predicted molar refractivity (Wildman–Crippen MR) is 96.2 cm³/mol. The molecule has 24 heavy (non-hydrogen) atoms. The molecule has 2 aromatic carbocycles. The van der Waals surface area contributed by atoms with Crippen molar-refractivity contribution in [1.82, 2.24) is 0 Å². The molecule has 0 saturated carbocycles. The Morgan fingerprint density at radius 1 is 1.00 bits per heavy atom. The molecule has 5 nitrogen and oxygen atoms in total. The van der Waals surface area contributed by atoms with Gasteiger partial charge in [0.2, 0.25) is 0 Å². The smallest absolute Gasteiger partial charge is 0.332 e. The number of rotatable bonds is 7. The number of hydrogen-bond acceptors (Lipinski definition) is 5. The summed E-state index contributed by atoms with van der Waals surface area (Å²) >= 11 is 5.03. The largest absolute Gasteiger partial charge is 0.454 e. The van der Waals surface area contributed by atoms with Crippen LogP contribution in [0.2, 0.25) is 0 Å². The zero-order valence-corrected chi connectivity index (χ0v) is 15.4. The number of benzene rings is 2. The second kappa shape index (κ2) is 9.46. The third kappa shape index (κ3) is 6.35. The minimum Gasteiger partial charge on any atom is -0.454 e. The lowest BCUT2D eigenvalue weighted by Gasteiger charge is -2.07. The van der Waals surface area contributed by atoms with Crippen molar-refractivity contribution in [3.8, 4) is 0 Å². The van der Waals surface area contributed by atoms with Crippen LogP contribution in [0.4, 0.5) is 5.69 Å². The lowest BCUT2D eigenvalue weighted by molar-refractivity contribution is -0.150. The van der Waals surface area contributed by atoms with Gasteiger partial charge in [-0.05, 0) is 48.5 Å². The quantitative estimate of drug-likeness (QED) is 0.705. The van der Waals surface area contributed by atoms with Crippen LogP contribution < -0.4 is 5.32 Å². The minimum atomic E-state index is -0.575. The van der Waals surface area contributed by atoms with Crippen LogP contribution in [0.1, 0.15) is 0 Å². The molecule has 1 N–H and O–H groups in total. The molecule has 0 atom stereocenters. The van der Waals surface area contributed by atoms with Crippen molar-refractivity contribution < 1.29 is 19.1 Å². The normalized spacial score (nSPS) is 10.2. The van der Waals surface area contributed by atoms with Crippen LogP contribution in [0.15, 0.2) is 62.8 Å². The molecule has 0 radical (unpaired) electrons. The fraction of sp³-hybridized carbons (Fsp3) is 0.176. The minimum absolute atomic E-state index is 0.171. The molecule has 0 aliphatic rings. The van der Waals surface area contributed by atoms with Crippen molar-refractivity contribution >= 4 is 45.3 Å². The van der Waals surface area contributed by atoms with Gasteiger partial charge in [0.05, 0.1) is 0 Å². The molecular formula is C17H16BrNO4S. The summed E-state index contributed by atoms with van der Waals surface area (Å²) in [6.07, 6.45) is 0. The summed E-state index contributed by atoms with van der Waals surface area (Å²) in [4.78, 5) is 25.0. The molecule has 2 rings (SSSR count). The van der Waals surface area contributed by atoms with Gasteiger partial charge in [0.25, 0.3) is 5.91 Å². The highest BCUT2D eigenvalue weighted by atomic mass is 79.9. The van der Waals surface area contributed by atoms with Gasteiger partial charge < -0.3 is 14.8 Å². The zero-order chi connectivity index (χ0) is 17.4. The number of halogens is 1. The summed E-state index contributed by atoms with van der Waals surface area (Å²) in [5.74, 6) is -0.971. The maximum Gasteiger partial charge on any atom is 0.332 e. The van der Waals surface area contributed by atoms with Gasteiger partial charge in [0, 0.05) is 27.1 Å². The average molecular weight is 410 g/mol. The first kappa shape index (κ1) is 18.5. The molecule has 0 fully saturated rings. The standard InChI is InChI=1S/C17H16BrNO4S/c1-22-11-17(21)23-10-16(20)19-13-4-8-15(9-5-13)24-14-6-2-12(18)3-7-14/h2-9H,10-11H2,1H3,(H,19,20). The summed E-state index contributed by atoms with van der Waals surface area (Å²) in [6.45, 7) is -0.507. The molecule has 0 aliphatic heterocycles. The summed E-state index contributed by atoms with van der Waals surface area (Å²) in [5.41, 5.74) is 0.642. The summed E-state index contributed by atoms with van der Waals surface area (Å²) < 4.78 is 10.4. The Labute approximate surface area is 152 Å². The summed E-state index contributed by atoms with van der Waals surface area (Å²) in [6, 6.07) is 15.5. The predicted octanol–water partition coefficient (Wildman–Crippen LogP) is 3.73. The van der Waals surface area contributed by atoms with Gasteiger partial charge in [0.15, 0.2) is 6.61 Å². The lowest BCUT2D eigenvalue weighted by atomic mass is 10.3. The fourth-order valence-corrected chi connectivity index (χ4v) is 2.83. The van der Waals surface area contributed by atoms with E-state index in [1.54, 1.807) is 23.9 Å². The van der Waals surface area contributed by atoms with E-state index in [-0.39, 0.29) is 13.2 Å². The van der Waals surface area contributed by atoms with Crippen LogP contribution in [0, 0.1) is 0 Å². The summed E-state index contributed by atoms with van der Waals surface area (Å²) in [5, 5.41) is 2.67. The van der Waals surface area contributed by atoms with E-state index in [0.29, 0.717) is 5.69 Å². The Bertz CT molecular complexity index is 689. The number of esters is 1. The zero-order valence-electron chi connectivity index (χ0n) is 13.0. The Morgan fingerprint density at radius 3 is 2.17 bits per heavy atom. The third-order valence-electron chi connectivity index (χ3n) is 2.81. The van der Waals surface area contributed by atoms with Gasteiger partial charge in [-0.1, -0.05) is 27.7 Å². The van der Waals surface area contributed by atoms with Crippen LogP contribution in [-0.4, -0.2) is 32.2 Å². The van der Waals surface area contributed by atoms with Gasteiger partial charge in [-0.2, -0.15) is 0 Å². The first-order valence-electron chi connectivity index (χ1n) is 7.05. The first-order valence-corrected chi connectivity index (χ1v) is 8.65. The number of anilines is 1. The SMILES string of the molecule is COCC(=O)OCC(=O)Nc1ccc(Sc2ccc(Br)cc2)cc1. The van der Waals surface area contributed by atoms with Crippen LogP contribution in [0.25, 0.3) is 0 Å². The molecular weight excluding hydrogens is 394 g/mol. The van der Waals surface area contributed by atoms with Crippen molar-refractivity contribution in [2.45, 2.75) is 9.79 Å². The van der Waals surface area contributed by atoms with E-state index in [9.17, 15) is 9.59 Å². The molecule has 7 heteroatoms. The molecule has 0 aliphatic carbocycles. The van der Waals surface area contributed by atoms with E-state index >= 15 is 0 Å². The number of ether oxygens (including phenoxy) is 2. The monoisotopic (exact) mass is 409 g/mol. The van der Waals surface area contributed by atoms with Gasteiger partial charge >= 0.3 is 5.97 Å². The molecule has 0 saturated heterocycles. The van der Waals surface area contributed by atoms with Gasteiger partial charge in [-0.3, -0.25) is 4.79 Å². The van der Waals surface area contributed by atoms with E-state index in [2.05, 4.69) is 26.0 Å². The Balaban J connectivity index is 1.84. The van der Waals surface area contributed by atoms with Gasteiger partial charge in [-0.15, -0.1) is 0 Å². The van der Waals surface area contributed by atoms with Crippen molar-refractivity contribution in [2.24, 2.45) is 0 Å². The molecule has 0 unspecified atom stereocenters. The van der Waals surface area contributed by atoms with Gasteiger partial charge in [0.1, 0.15) is 6.61 Å². The molecule has 2 aromatic rings. The molecule has 0 spiro atoms. The summed E-state index contributed by atoms with van der Waals surface area (Å²) in [7, 11) is 1.38.